The van der Waals surface area contributed by atoms with Crippen molar-refractivity contribution in [3.63, 3.8) is 0 Å². The van der Waals surface area contributed by atoms with Gasteiger partial charge in [0.25, 0.3) is 0 Å². The van der Waals surface area contributed by atoms with Crippen molar-refractivity contribution in [1.82, 2.24) is 0 Å². The fourth-order valence-corrected chi connectivity index (χ4v) is 4.12. The van der Waals surface area contributed by atoms with Gasteiger partial charge in [-0.3, -0.25) is 0 Å². The van der Waals surface area contributed by atoms with E-state index in [1.807, 2.05) is 0 Å². The minimum Gasteiger partial charge on any atom is -0.372 e. The molecule has 0 aliphatic carbocycles. The molecule has 2 rings (SSSR count). The van der Waals surface area contributed by atoms with Crippen LogP contribution in [-0.4, -0.2) is 24.7 Å². The third-order valence-electron chi connectivity index (χ3n) is 3.27. The lowest BCUT2D eigenvalue weighted by Crippen LogP contribution is -2.27. The highest BCUT2D eigenvalue weighted by Gasteiger charge is 2.27. The number of hydrogen-bond donors (Lipinski definition) is 0. The Morgan fingerprint density at radius 2 is 1.67 bits per heavy atom. The molecule has 1 nitrogen and oxygen atoms in total. The maximum atomic E-state index is 5.42. The highest BCUT2D eigenvalue weighted by atomic mass is 32.2. The molecule has 1 saturated heterocycles. The minimum atomic E-state index is 0.437. The van der Waals surface area contributed by atoms with Crippen LogP contribution in [0.15, 0.2) is 17.0 Å². The second-order valence-corrected chi connectivity index (χ2v) is 6.39. The molecule has 2 heteroatoms. The van der Waals surface area contributed by atoms with Gasteiger partial charge in [0.1, 0.15) is 11.5 Å². The fraction of sp³-hybridized carbons (Fsp3) is 0.538. The average Bonchev–Trinajstić information content (AvgIpc) is 2.27. The minimum absolute atomic E-state index is 0.437. The van der Waals surface area contributed by atoms with E-state index in [4.69, 9.17) is 4.74 Å². The Morgan fingerprint density at radius 3 is 2.33 bits per heavy atom. The van der Waals surface area contributed by atoms with Gasteiger partial charge in [0.05, 0.1) is 13.2 Å². The zero-order valence-electron chi connectivity index (χ0n) is 9.80. The summed E-state index contributed by atoms with van der Waals surface area (Å²) in [7, 11) is 0.437. The van der Waals surface area contributed by atoms with Crippen molar-refractivity contribution >= 4 is 10.9 Å². The summed E-state index contributed by atoms with van der Waals surface area (Å²) in [6.45, 7) is 8.57. The van der Waals surface area contributed by atoms with Crippen LogP contribution in [0, 0.1) is 20.8 Å². The van der Waals surface area contributed by atoms with E-state index in [1.165, 1.54) is 28.2 Å². The molecule has 1 fully saturated rings. The van der Waals surface area contributed by atoms with Crippen LogP contribution in [0.3, 0.4) is 0 Å². The van der Waals surface area contributed by atoms with Gasteiger partial charge in [-0.25, -0.2) is 0 Å². The van der Waals surface area contributed by atoms with Crippen molar-refractivity contribution in [1.29, 1.82) is 0 Å². The predicted molar refractivity (Wildman–Crippen MR) is 66.8 cm³/mol. The molecular weight excluding hydrogens is 204 g/mol. The highest BCUT2D eigenvalue weighted by molar-refractivity contribution is 7.97. The molecule has 1 aliphatic rings. The third kappa shape index (κ3) is 2.21. The van der Waals surface area contributed by atoms with Crippen LogP contribution < -0.4 is 0 Å². The van der Waals surface area contributed by atoms with Crippen molar-refractivity contribution in [3.05, 3.63) is 28.8 Å². The maximum absolute atomic E-state index is 5.42. The molecule has 1 aromatic carbocycles. The molecule has 0 spiro atoms. The second-order valence-electron chi connectivity index (χ2n) is 4.14. The van der Waals surface area contributed by atoms with E-state index in [0.29, 0.717) is 10.9 Å². The topological polar surface area (TPSA) is 9.23 Å². The largest absolute Gasteiger partial charge is 0.372 e. The van der Waals surface area contributed by atoms with Crippen molar-refractivity contribution in [2.75, 3.05) is 24.7 Å². The van der Waals surface area contributed by atoms with Gasteiger partial charge < -0.3 is 4.74 Å². The van der Waals surface area contributed by atoms with Crippen LogP contribution in [0.25, 0.3) is 0 Å². The van der Waals surface area contributed by atoms with Crippen LogP contribution in [0.1, 0.15) is 16.7 Å². The average molecular weight is 223 g/mol. The van der Waals surface area contributed by atoms with Gasteiger partial charge in [-0.2, -0.15) is 0 Å². The molecule has 0 radical (unpaired) electrons. The van der Waals surface area contributed by atoms with Crippen LogP contribution in [0.5, 0.6) is 0 Å². The lowest BCUT2D eigenvalue weighted by atomic mass is 10.1. The molecule has 0 unspecified atom stereocenters. The van der Waals surface area contributed by atoms with E-state index in [0.717, 1.165) is 13.2 Å². The van der Waals surface area contributed by atoms with Gasteiger partial charge in [-0.05, 0) is 38.0 Å². The fourth-order valence-electron chi connectivity index (χ4n) is 1.99. The summed E-state index contributed by atoms with van der Waals surface area (Å²) in [4.78, 5) is 1.57. The lowest BCUT2D eigenvalue weighted by molar-refractivity contribution is 0.159. The first-order valence-corrected chi connectivity index (χ1v) is 7.08. The van der Waals surface area contributed by atoms with E-state index in [2.05, 4.69) is 32.9 Å². The van der Waals surface area contributed by atoms with Gasteiger partial charge in [0.15, 0.2) is 4.90 Å². The molecule has 15 heavy (non-hydrogen) atoms. The summed E-state index contributed by atoms with van der Waals surface area (Å²) in [5, 5.41) is 0. The molecule has 0 bridgehead atoms. The first-order valence-electron chi connectivity index (χ1n) is 5.52. The van der Waals surface area contributed by atoms with Gasteiger partial charge in [0.2, 0.25) is 0 Å². The molecule has 0 amide bonds. The maximum Gasteiger partial charge on any atom is 0.158 e. The Kier molecular flexibility index (Phi) is 3.37. The van der Waals surface area contributed by atoms with E-state index in [9.17, 15) is 0 Å². The number of ether oxygens (including phenoxy) is 1. The first kappa shape index (κ1) is 11.0. The number of rotatable bonds is 1. The summed E-state index contributed by atoms with van der Waals surface area (Å²) in [5.74, 6) is 2.42. The molecule has 1 aliphatic heterocycles. The van der Waals surface area contributed by atoms with Crippen molar-refractivity contribution in [2.24, 2.45) is 0 Å². The third-order valence-corrected chi connectivity index (χ3v) is 5.65. The zero-order valence-corrected chi connectivity index (χ0v) is 10.6. The normalized spacial score (nSPS) is 18.1. The van der Waals surface area contributed by atoms with E-state index in [1.54, 1.807) is 4.90 Å². The summed E-state index contributed by atoms with van der Waals surface area (Å²) in [6.07, 6.45) is 0. The summed E-state index contributed by atoms with van der Waals surface area (Å²) in [6, 6.07) is 4.59. The number of benzene rings is 1. The molecule has 0 aromatic heterocycles. The smallest absolute Gasteiger partial charge is 0.158 e. The molecule has 1 aromatic rings. The molecule has 0 atom stereocenters. The Bertz CT molecular complexity index is 354. The summed E-state index contributed by atoms with van der Waals surface area (Å²) in [5.41, 5.74) is 4.37. The standard InChI is InChI=1S/C13H19OS/c1-10-4-5-13(12(3)11(10)2)15-8-6-14-7-9-15/h4-5H,6-9H2,1-3H3/q+1. The summed E-state index contributed by atoms with van der Waals surface area (Å²) < 4.78 is 5.42. The Morgan fingerprint density at radius 1 is 1.00 bits per heavy atom. The molecule has 0 saturated carbocycles. The van der Waals surface area contributed by atoms with Gasteiger partial charge in [-0.15, -0.1) is 0 Å². The van der Waals surface area contributed by atoms with Crippen molar-refractivity contribution < 1.29 is 4.74 Å². The lowest BCUT2D eigenvalue weighted by Gasteiger charge is -2.17. The monoisotopic (exact) mass is 223 g/mol. The van der Waals surface area contributed by atoms with Crippen LogP contribution in [-0.2, 0) is 15.6 Å². The molecule has 0 N–H and O–H groups in total. The van der Waals surface area contributed by atoms with Crippen LogP contribution >= 0.6 is 0 Å². The second kappa shape index (κ2) is 4.58. The van der Waals surface area contributed by atoms with Crippen LogP contribution in [0.4, 0.5) is 0 Å². The summed E-state index contributed by atoms with van der Waals surface area (Å²) >= 11 is 0. The Hall–Kier alpha value is -0.470. The zero-order chi connectivity index (χ0) is 10.8. The number of aryl methyl sites for hydroxylation is 1. The van der Waals surface area contributed by atoms with Gasteiger partial charge in [0, 0.05) is 16.5 Å². The Balaban J connectivity index is 2.31. The SMILES string of the molecule is Cc1ccc([S+]2CCOCC2)c(C)c1C. The highest BCUT2D eigenvalue weighted by Crippen LogP contribution is 2.25. The molecular formula is C13H19OS+. The molecule has 82 valence electrons. The number of hydrogen-bond acceptors (Lipinski definition) is 1. The van der Waals surface area contributed by atoms with E-state index >= 15 is 0 Å². The Labute approximate surface area is 95.2 Å². The predicted octanol–water partition coefficient (Wildman–Crippen LogP) is 2.62. The van der Waals surface area contributed by atoms with E-state index in [-0.39, 0.29) is 0 Å². The van der Waals surface area contributed by atoms with Gasteiger partial charge >= 0.3 is 0 Å². The van der Waals surface area contributed by atoms with Crippen molar-refractivity contribution in [2.45, 2.75) is 25.7 Å². The van der Waals surface area contributed by atoms with Crippen LogP contribution in [0.2, 0.25) is 0 Å². The molecule has 1 heterocycles. The van der Waals surface area contributed by atoms with Crippen molar-refractivity contribution in [3.8, 4) is 0 Å². The van der Waals surface area contributed by atoms with Gasteiger partial charge in [-0.1, -0.05) is 6.07 Å². The quantitative estimate of drug-likeness (QED) is 0.665. The first-order chi connectivity index (χ1) is 7.20. The van der Waals surface area contributed by atoms with E-state index < -0.39 is 0 Å².